The van der Waals surface area contributed by atoms with E-state index >= 15 is 0 Å². The molecule has 0 amide bonds. The molecule has 0 radical (unpaired) electrons. The van der Waals surface area contributed by atoms with Crippen molar-refractivity contribution < 1.29 is 17.8 Å². The first-order valence-corrected chi connectivity index (χ1v) is 7.54. The molecule has 1 aliphatic rings. The lowest BCUT2D eigenvalue weighted by Crippen LogP contribution is -2.33. The van der Waals surface area contributed by atoms with Crippen LogP contribution in [0, 0.1) is 5.41 Å². The largest absolute Gasteiger partial charge is 0.744 e. The molecule has 102 valence electrons. The predicted molar refractivity (Wildman–Crippen MR) is 68.8 cm³/mol. The van der Waals surface area contributed by atoms with Crippen LogP contribution in [-0.4, -0.2) is 18.8 Å². The van der Waals surface area contributed by atoms with E-state index < -0.39 is 26.2 Å². The van der Waals surface area contributed by atoms with Gasteiger partial charge in [-0.2, -0.15) is 0 Å². The zero-order chi connectivity index (χ0) is 14.0. The minimum atomic E-state index is -4.68. The number of hydrogen-bond donors (Lipinski definition) is 0. The van der Waals surface area contributed by atoms with Crippen LogP contribution in [0.15, 0.2) is 22.6 Å². The number of rotatable bonds is 5. The van der Waals surface area contributed by atoms with Crippen LogP contribution < -0.4 is 0 Å². The number of ketones is 1. The Balaban J connectivity index is 3.04. The SMILES string of the molecule is CCCCCC1=CC=C(S(=O)(=O)[O-])C(=O)C1(C)C. The van der Waals surface area contributed by atoms with Crippen LogP contribution in [0.2, 0.25) is 0 Å². The molecule has 0 N–H and O–H groups in total. The fourth-order valence-corrected chi connectivity index (χ4v) is 2.79. The van der Waals surface area contributed by atoms with Gasteiger partial charge in [-0.1, -0.05) is 31.4 Å². The van der Waals surface area contributed by atoms with Crippen LogP contribution in [0.4, 0.5) is 0 Å². The molecule has 0 heterocycles. The Kier molecular flexibility index (Phi) is 4.50. The Morgan fingerprint density at radius 1 is 1.22 bits per heavy atom. The molecule has 0 spiro atoms. The highest BCUT2D eigenvalue weighted by molar-refractivity contribution is 7.90. The lowest BCUT2D eigenvalue weighted by atomic mass is 9.75. The Morgan fingerprint density at radius 3 is 2.33 bits per heavy atom. The number of Topliss-reactive ketones (excluding diaryl/α,β-unsaturated/α-hetero) is 1. The van der Waals surface area contributed by atoms with Gasteiger partial charge in [0.2, 0.25) is 0 Å². The first-order valence-electron chi connectivity index (χ1n) is 6.13. The van der Waals surface area contributed by atoms with Crippen molar-refractivity contribution in [2.75, 3.05) is 0 Å². The van der Waals surface area contributed by atoms with Crippen LogP contribution in [-0.2, 0) is 14.9 Å². The summed E-state index contributed by atoms with van der Waals surface area (Å²) in [4.78, 5) is 11.4. The molecule has 4 nitrogen and oxygen atoms in total. The standard InChI is InChI=1S/C13H20O4S/c1-4-5-6-7-10-8-9-11(18(15,16)17)12(14)13(10,2)3/h8-9H,4-7H2,1-3H3,(H,15,16,17)/p-1. The molecule has 1 rings (SSSR count). The maximum absolute atomic E-state index is 12.0. The molecule has 0 aliphatic heterocycles. The van der Waals surface area contributed by atoms with E-state index in [1.807, 2.05) is 0 Å². The molecule has 0 aromatic heterocycles. The van der Waals surface area contributed by atoms with Crippen LogP contribution in [0.25, 0.3) is 0 Å². The summed E-state index contributed by atoms with van der Waals surface area (Å²) in [5.74, 6) is -0.591. The van der Waals surface area contributed by atoms with Gasteiger partial charge < -0.3 is 4.55 Å². The summed E-state index contributed by atoms with van der Waals surface area (Å²) in [6.07, 6.45) is 6.64. The molecule has 18 heavy (non-hydrogen) atoms. The summed E-state index contributed by atoms with van der Waals surface area (Å²) in [6.45, 7) is 5.43. The summed E-state index contributed by atoms with van der Waals surface area (Å²) < 4.78 is 32.9. The highest BCUT2D eigenvalue weighted by atomic mass is 32.2. The summed E-state index contributed by atoms with van der Waals surface area (Å²) >= 11 is 0. The molecule has 0 saturated heterocycles. The van der Waals surface area contributed by atoms with Gasteiger partial charge in [0, 0.05) is 5.41 Å². The number of allylic oxidation sites excluding steroid dienone is 4. The van der Waals surface area contributed by atoms with Crippen molar-refractivity contribution in [3.05, 3.63) is 22.6 Å². The smallest absolute Gasteiger partial charge is 0.182 e. The third-order valence-electron chi connectivity index (χ3n) is 3.35. The minimum Gasteiger partial charge on any atom is -0.744 e. The second-order valence-electron chi connectivity index (χ2n) is 5.09. The third kappa shape index (κ3) is 3.09. The van der Waals surface area contributed by atoms with Gasteiger partial charge in [0.1, 0.15) is 10.1 Å². The maximum atomic E-state index is 12.0. The van der Waals surface area contributed by atoms with Crippen molar-refractivity contribution in [1.82, 2.24) is 0 Å². The Labute approximate surface area is 109 Å². The van der Waals surface area contributed by atoms with E-state index in [2.05, 4.69) is 6.92 Å². The van der Waals surface area contributed by atoms with E-state index in [9.17, 15) is 17.8 Å². The van der Waals surface area contributed by atoms with Gasteiger partial charge in [0.15, 0.2) is 5.78 Å². The van der Waals surface area contributed by atoms with E-state index in [1.165, 1.54) is 0 Å². The molecule has 0 saturated carbocycles. The van der Waals surface area contributed by atoms with E-state index in [0.717, 1.165) is 37.3 Å². The van der Waals surface area contributed by atoms with Crippen molar-refractivity contribution in [1.29, 1.82) is 0 Å². The van der Waals surface area contributed by atoms with Gasteiger partial charge in [0.05, 0.1) is 4.91 Å². The average Bonchev–Trinajstić information content (AvgIpc) is 2.23. The number of carbonyl (C=O) groups excluding carboxylic acids is 1. The number of unbranched alkanes of at least 4 members (excludes halogenated alkanes) is 2. The summed E-state index contributed by atoms with van der Waals surface area (Å²) in [7, 11) is -4.68. The van der Waals surface area contributed by atoms with E-state index in [4.69, 9.17) is 0 Å². The summed E-state index contributed by atoms with van der Waals surface area (Å²) in [6, 6.07) is 0. The van der Waals surface area contributed by atoms with Crippen LogP contribution in [0.3, 0.4) is 0 Å². The van der Waals surface area contributed by atoms with E-state index in [1.54, 1.807) is 19.9 Å². The molecule has 0 aromatic rings. The molecular weight excluding hydrogens is 252 g/mol. The predicted octanol–water partition coefficient (Wildman–Crippen LogP) is 2.53. The second-order valence-corrected chi connectivity index (χ2v) is 6.44. The van der Waals surface area contributed by atoms with Gasteiger partial charge >= 0.3 is 0 Å². The highest BCUT2D eigenvalue weighted by Gasteiger charge is 2.37. The lowest BCUT2D eigenvalue weighted by molar-refractivity contribution is -0.121. The minimum absolute atomic E-state index is 0.591. The normalized spacial score (nSPS) is 19.4. The van der Waals surface area contributed by atoms with E-state index in [0.29, 0.717) is 0 Å². The Morgan fingerprint density at radius 2 is 1.83 bits per heavy atom. The van der Waals surface area contributed by atoms with Gasteiger partial charge in [-0.3, -0.25) is 4.79 Å². The molecule has 5 heteroatoms. The van der Waals surface area contributed by atoms with Gasteiger partial charge in [0.25, 0.3) is 0 Å². The lowest BCUT2D eigenvalue weighted by Gasteiger charge is -2.31. The summed E-state index contributed by atoms with van der Waals surface area (Å²) in [5.41, 5.74) is 0.00307. The van der Waals surface area contributed by atoms with Gasteiger partial charge in [-0.05, 0) is 32.8 Å². The average molecular weight is 271 g/mol. The second kappa shape index (κ2) is 5.36. The fraction of sp³-hybridized carbons (Fsp3) is 0.615. The Bertz CT molecular complexity index is 495. The molecule has 0 aromatic carbocycles. The molecule has 1 aliphatic carbocycles. The number of hydrogen-bond acceptors (Lipinski definition) is 4. The maximum Gasteiger partial charge on any atom is 0.182 e. The van der Waals surface area contributed by atoms with Crippen LogP contribution >= 0.6 is 0 Å². The summed E-state index contributed by atoms with van der Waals surface area (Å²) in [5, 5.41) is 0. The molecule has 0 fully saturated rings. The first kappa shape index (κ1) is 15.1. The third-order valence-corrected chi connectivity index (χ3v) is 4.21. The quantitative estimate of drug-likeness (QED) is 0.569. The molecule has 0 bridgehead atoms. The number of carbonyl (C=O) groups is 1. The Hall–Kier alpha value is -0.940. The topological polar surface area (TPSA) is 74.3 Å². The highest BCUT2D eigenvalue weighted by Crippen LogP contribution is 2.37. The first-order chi connectivity index (χ1) is 8.21. The fourth-order valence-electron chi connectivity index (χ4n) is 2.07. The van der Waals surface area contributed by atoms with E-state index in [-0.39, 0.29) is 0 Å². The van der Waals surface area contributed by atoms with Gasteiger partial charge in [-0.25, -0.2) is 8.42 Å². The van der Waals surface area contributed by atoms with Crippen molar-refractivity contribution in [2.24, 2.45) is 5.41 Å². The van der Waals surface area contributed by atoms with Crippen molar-refractivity contribution in [2.45, 2.75) is 46.5 Å². The van der Waals surface area contributed by atoms with Crippen LogP contribution in [0.5, 0.6) is 0 Å². The van der Waals surface area contributed by atoms with Gasteiger partial charge in [-0.15, -0.1) is 0 Å². The zero-order valence-electron chi connectivity index (χ0n) is 11.0. The molecule has 0 atom stereocenters. The molecule has 0 unspecified atom stereocenters. The molecular formula is C13H19O4S-. The monoisotopic (exact) mass is 271 g/mol. The van der Waals surface area contributed by atoms with Crippen molar-refractivity contribution in [3.63, 3.8) is 0 Å². The van der Waals surface area contributed by atoms with Crippen molar-refractivity contribution in [3.8, 4) is 0 Å². The zero-order valence-corrected chi connectivity index (χ0v) is 11.8. The van der Waals surface area contributed by atoms with Crippen LogP contribution in [0.1, 0.15) is 46.5 Å². The van der Waals surface area contributed by atoms with Crippen molar-refractivity contribution >= 4 is 15.9 Å².